The molecule has 0 saturated carbocycles. The normalized spacial score (nSPS) is 12.9. The molecular formula is C15H21BrN4. The molecular weight excluding hydrogens is 316 g/mol. The Labute approximate surface area is 128 Å². The zero-order chi connectivity index (χ0) is 14.7. The van der Waals surface area contributed by atoms with Crippen molar-refractivity contribution in [1.29, 1.82) is 0 Å². The van der Waals surface area contributed by atoms with Gasteiger partial charge in [0, 0.05) is 23.1 Å². The van der Waals surface area contributed by atoms with Crippen LogP contribution in [0.5, 0.6) is 0 Å². The molecule has 5 heteroatoms. The number of nitrogens with two attached hydrogens (primary N) is 1. The van der Waals surface area contributed by atoms with E-state index in [-0.39, 0.29) is 6.04 Å². The number of benzene rings is 1. The highest BCUT2D eigenvalue weighted by atomic mass is 79.9. The number of hydrogen-bond donors (Lipinski definition) is 2. The largest absolute Gasteiger partial charge is 0.271 e. The van der Waals surface area contributed by atoms with Gasteiger partial charge < -0.3 is 0 Å². The van der Waals surface area contributed by atoms with E-state index in [9.17, 15) is 0 Å². The Kier molecular flexibility index (Phi) is 4.96. The summed E-state index contributed by atoms with van der Waals surface area (Å²) in [5.74, 6) is 5.74. The molecule has 3 N–H and O–H groups in total. The van der Waals surface area contributed by atoms with Crippen molar-refractivity contribution < 1.29 is 0 Å². The van der Waals surface area contributed by atoms with E-state index < -0.39 is 0 Å². The minimum atomic E-state index is 0.0583. The summed E-state index contributed by atoms with van der Waals surface area (Å²) in [6, 6.07) is 8.66. The summed E-state index contributed by atoms with van der Waals surface area (Å²) >= 11 is 3.56. The molecule has 1 aromatic carbocycles. The van der Waals surface area contributed by atoms with Crippen LogP contribution >= 0.6 is 15.9 Å². The minimum Gasteiger partial charge on any atom is -0.271 e. The molecule has 0 aliphatic carbocycles. The first-order valence-corrected chi connectivity index (χ1v) is 7.57. The first-order valence-electron chi connectivity index (χ1n) is 6.78. The Balaban J connectivity index is 2.22. The topological polar surface area (TPSA) is 55.9 Å². The molecule has 0 fully saturated rings. The van der Waals surface area contributed by atoms with Crippen LogP contribution in [0.1, 0.15) is 42.8 Å². The Hall–Kier alpha value is -1.17. The summed E-state index contributed by atoms with van der Waals surface area (Å²) in [6.45, 7) is 6.33. The van der Waals surface area contributed by atoms with Gasteiger partial charge in [-0.3, -0.25) is 16.0 Å². The van der Waals surface area contributed by atoms with Crippen LogP contribution in [0.4, 0.5) is 0 Å². The third kappa shape index (κ3) is 3.29. The number of nitrogens with zero attached hydrogens (tertiary/aromatic N) is 2. The summed E-state index contributed by atoms with van der Waals surface area (Å²) in [4.78, 5) is 0. The lowest BCUT2D eigenvalue weighted by Crippen LogP contribution is -2.30. The third-order valence-corrected chi connectivity index (χ3v) is 4.35. The van der Waals surface area contributed by atoms with Crippen LogP contribution < -0.4 is 11.3 Å². The molecule has 0 saturated heterocycles. The number of aromatic nitrogens is 2. The Morgan fingerprint density at radius 2 is 2.10 bits per heavy atom. The summed E-state index contributed by atoms with van der Waals surface area (Å²) in [5.41, 5.74) is 6.35. The van der Waals surface area contributed by atoms with Gasteiger partial charge in [0.2, 0.25) is 0 Å². The predicted octanol–water partition coefficient (Wildman–Crippen LogP) is 3.28. The molecule has 0 aliphatic heterocycles. The van der Waals surface area contributed by atoms with E-state index in [1.807, 2.05) is 23.0 Å². The first-order chi connectivity index (χ1) is 9.52. The minimum absolute atomic E-state index is 0.0583. The van der Waals surface area contributed by atoms with Crippen molar-refractivity contribution >= 4 is 15.9 Å². The Bertz CT molecular complexity index is 577. The zero-order valence-electron chi connectivity index (χ0n) is 12.1. The predicted molar refractivity (Wildman–Crippen MR) is 85.3 cm³/mol. The van der Waals surface area contributed by atoms with E-state index in [0.717, 1.165) is 16.6 Å². The molecule has 0 amide bonds. The molecule has 1 aromatic heterocycles. The highest BCUT2D eigenvalue weighted by Gasteiger charge is 2.16. The van der Waals surface area contributed by atoms with Crippen molar-refractivity contribution in [2.75, 3.05) is 0 Å². The van der Waals surface area contributed by atoms with Crippen molar-refractivity contribution in [2.45, 2.75) is 39.3 Å². The van der Waals surface area contributed by atoms with E-state index >= 15 is 0 Å². The lowest BCUT2D eigenvalue weighted by molar-refractivity contribution is 0.506. The highest BCUT2D eigenvalue weighted by Crippen LogP contribution is 2.26. The summed E-state index contributed by atoms with van der Waals surface area (Å²) < 4.78 is 3.07. The van der Waals surface area contributed by atoms with E-state index in [0.29, 0.717) is 6.04 Å². The van der Waals surface area contributed by atoms with Crippen LogP contribution in [0.25, 0.3) is 0 Å². The van der Waals surface area contributed by atoms with E-state index in [2.05, 4.69) is 59.4 Å². The molecule has 0 aliphatic rings. The van der Waals surface area contributed by atoms with Crippen LogP contribution in [0, 0.1) is 6.92 Å². The monoisotopic (exact) mass is 336 g/mol. The maximum absolute atomic E-state index is 5.74. The van der Waals surface area contributed by atoms with Gasteiger partial charge in [0.05, 0.1) is 11.7 Å². The number of nitrogens with one attached hydrogen (secondary N) is 1. The highest BCUT2D eigenvalue weighted by molar-refractivity contribution is 9.10. The fraction of sp³-hybridized carbons (Fsp3) is 0.400. The van der Waals surface area contributed by atoms with Gasteiger partial charge in [-0.15, -0.1) is 0 Å². The number of halogens is 1. The summed E-state index contributed by atoms with van der Waals surface area (Å²) in [6.07, 6.45) is 2.79. The molecule has 1 heterocycles. The van der Waals surface area contributed by atoms with Crippen molar-refractivity contribution in [2.24, 2.45) is 5.84 Å². The average Bonchev–Trinajstić information content (AvgIpc) is 2.88. The lowest BCUT2D eigenvalue weighted by Gasteiger charge is -2.18. The standard InChI is InChI=1S/C15H21BrN4/c1-10(2)20-8-7-12(19-20)9-15(18-17)13-5-4-6-14(16)11(13)3/h4-8,10,15,18H,9,17H2,1-3H3. The maximum atomic E-state index is 5.74. The first kappa shape index (κ1) is 15.2. The second kappa shape index (κ2) is 6.52. The van der Waals surface area contributed by atoms with E-state index in [1.165, 1.54) is 11.1 Å². The van der Waals surface area contributed by atoms with Gasteiger partial charge in [-0.25, -0.2) is 0 Å². The fourth-order valence-corrected chi connectivity index (χ4v) is 2.62. The Morgan fingerprint density at radius 3 is 2.70 bits per heavy atom. The van der Waals surface area contributed by atoms with Crippen LogP contribution in [0.3, 0.4) is 0 Å². The fourth-order valence-electron chi connectivity index (χ4n) is 2.24. The van der Waals surface area contributed by atoms with Crippen LogP contribution in [-0.4, -0.2) is 9.78 Å². The molecule has 0 bridgehead atoms. The van der Waals surface area contributed by atoms with Crippen LogP contribution in [0.2, 0.25) is 0 Å². The third-order valence-electron chi connectivity index (χ3n) is 3.49. The SMILES string of the molecule is Cc1c(Br)cccc1C(Cc1ccn(C(C)C)n1)NN. The van der Waals surface area contributed by atoms with Crippen molar-refractivity contribution in [3.8, 4) is 0 Å². The molecule has 1 unspecified atom stereocenters. The number of hydrogen-bond acceptors (Lipinski definition) is 3. The van der Waals surface area contributed by atoms with Crippen LogP contribution in [0.15, 0.2) is 34.9 Å². The van der Waals surface area contributed by atoms with Gasteiger partial charge in [-0.05, 0) is 44.0 Å². The van der Waals surface area contributed by atoms with Crippen molar-refractivity contribution in [3.05, 3.63) is 51.8 Å². The molecule has 4 nitrogen and oxygen atoms in total. The molecule has 0 radical (unpaired) electrons. The Morgan fingerprint density at radius 1 is 1.35 bits per heavy atom. The molecule has 20 heavy (non-hydrogen) atoms. The quantitative estimate of drug-likeness (QED) is 0.650. The molecule has 2 aromatic rings. The molecule has 2 rings (SSSR count). The second-order valence-corrected chi connectivity index (χ2v) is 6.11. The van der Waals surface area contributed by atoms with Gasteiger partial charge in [-0.1, -0.05) is 28.1 Å². The van der Waals surface area contributed by atoms with Gasteiger partial charge >= 0.3 is 0 Å². The summed E-state index contributed by atoms with van der Waals surface area (Å²) in [7, 11) is 0. The molecule has 0 spiro atoms. The molecule has 108 valence electrons. The second-order valence-electron chi connectivity index (χ2n) is 5.26. The van der Waals surface area contributed by atoms with E-state index in [1.54, 1.807) is 0 Å². The van der Waals surface area contributed by atoms with Crippen molar-refractivity contribution in [1.82, 2.24) is 15.2 Å². The maximum Gasteiger partial charge on any atom is 0.0644 e. The number of rotatable bonds is 5. The smallest absolute Gasteiger partial charge is 0.0644 e. The van der Waals surface area contributed by atoms with Gasteiger partial charge in [0.1, 0.15) is 0 Å². The van der Waals surface area contributed by atoms with Gasteiger partial charge in [-0.2, -0.15) is 5.10 Å². The average molecular weight is 337 g/mol. The lowest BCUT2D eigenvalue weighted by atomic mass is 9.98. The zero-order valence-corrected chi connectivity index (χ0v) is 13.7. The summed E-state index contributed by atoms with van der Waals surface area (Å²) in [5, 5.41) is 4.58. The molecule has 1 atom stereocenters. The van der Waals surface area contributed by atoms with E-state index in [4.69, 9.17) is 5.84 Å². The van der Waals surface area contributed by atoms with Crippen LogP contribution in [-0.2, 0) is 6.42 Å². The van der Waals surface area contributed by atoms with Crippen molar-refractivity contribution in [3.63, 3.8) is 0 Å². The van der Waals surface area contributed by atoms with Gasteiger partial charge in [0.15, 0.2) is 0 Å². The van der Waals surface area contributed by atoms with Gasteiger partial charge in [0.25, 0.3) is 0 Å². The number of hydrazine groups is 1.